The fourth-order valence-corrected chi connectivity index (χ4v) is 0.132. The molecule has 0 rings (SSSR count). The van der Waals surface area contributed by atoms with Gasteiger partial charge in [-0.25, -0.2) is 4.79 Å². The smallest absolute Gasteiger partial charge is 0.279 e. The van der Waals surface area contributed by atoms with Gasteiger partial charge >= 0.3 is 18.5 Å². The van der Waals surface area contributed by atoms with Crippen molar-refractivity contribution in [1.82, 2.24) is 0 Å². The van der Waals surface area contributed by atoms with Gasteiger partial charge in [0.25, 0.3) is 0 Å². The van der Waals surface area contributed by atoms with Gasteiger partial charge in [-0.3, -0.25) is 4.89 Å². The average Bonchev–Trinajstić information content (AvgIpc) is 1.78. The van der Waals surface area contributed by atoms with Gasteiger partial charge in [-0.05, 0) is 0 Å². The van der Waals surface area contributed by atoms with Gasteiger partial charge in [0.1, 0.15) is 0 Å². The molecule has 0 unspecified atom stereocenters. The molecule has 0 aromatic heterocycles. The molecular formula is C3F6O3. The first-order chi connectivity index (χ1) is 5.13. The molecule has 0 aromatic carbocycles. The van der Waals surface area contributed by atoms with E-state index in [2.05, 4.69) is 9.78 Å². The van der Waals surface area contributed by atoms with E-state index < -0.39 is 18.5 Å². The highest BCUT2D eigenvalue weighted by molar-refractivity contribution is 5.74. The standard InChI is InChI=1S/C3F6O3/c4-2(5,6)1(10)11-12-3(7,8)9. The maximum atomic E-state index is 11.1. The van der Waals surface area contributed by atoms with Gasteiger partial charge in [0.15, 0.2) is 0 Å². The van der Waals surface area contributed by atoms with Crippen LogP contribution < -0.4 is 0 Å². The first-order valence-corrected chi connectivity index (χ1v) is 2.16. The van der Waals surface area contributed by atoms with E-state index in [0.29, 0.717) is 0 Å². The summed E-state index contributed by atoms with van der Waals surface area (Å²) < 4.78 is 66.1. The second kappa shape index (κ2) is 3.17. The fraction of sp³-hybridized carbons (Fsp3) is 0.667. The molecule has 0 N–H and O–H groups in total. The summed E-state index contributed by atoms with van der Waals surface area (Å²) in [6.07, 6.45) is -11.0. The van der Waals surface area contributed by atoms with Gasteiger partial charge in [0, 0.05) is 0 Å². The Morgan fingerprint density at radius 2 is 1.42 bits per heavy atom. The van der Waals surface area contributed by atoms with E-state index >= 15 is 0 Å². The molecule has 0 aliphatic carbocycles. The molecule has 0 heterocycles. The van der Waals surface area contributed by atoms with Crippen LogP contribution in [0.4, 0.5) is 26.3 Å². The zero-order chi connectivity index (χ0) is 9.99. The van der Waals surface area contributed by atoms with Gasteiger partial charge in [-0.1, -0.05) is 4.89 Å². The Kier molecular flexibility index (Phi) is 2.91. The zero-order valence-corrected chi connectivity index (χ0v) is 4.99. The molecule has 0 amide bonds. The number of rotatable bonds is 1. The normalized spacial score (nSPS) is 12.8. The summed E-state index contributed by atoms with van der Waals surface area (Å²) in [4.78, 5) is 14.1. The Hall–Kier alpha value is -0.990. The lowest BCUT2D eigenvalue weighted by atomic mass is 10.7. The van der Waals surface area contributed by atoms with Crippen molar-refractivity contribution in [2.24, 2.45) is 0 Å². The number of hydrogen-bond donors (Lipinski definition) is 0. The van der Waals surface area contributed by atoms with E-state index in [4.69, 9.17) is 0 Å². The van der Waals surface area contributed by atoms with Gasteiger partial charge in [0.05, 0.1) is 0 Å². The van der Waals surface area contributed by atoms with E-state index in [-0.39, 0.29) is 0 Å². The lowest BCUT2D eigenvalue weighted by Crippen LogP contribution is -2.28. The van der Waals surface area contributed by atoms with E-state index in [1.54, 1.807) is 0 Å². The molecule has 72 valence electrons. The third-order valence-electron chi connectivity index (χ3n) is 0.443. The molecule has 0 bridgehead atoms. The number of alkyl halides is 6. The first-order valence-electron chi connectivity index (χ1n) is 2.16. The molecule has 0 fully saturated rings. The number of hydrogen-bond acceptors (Lipinski definition) is 3. The van der Waals surface area contributed by atoms with Crippen molar-refractivity contribution in [2.75, 3.05) is 0 Å². The minimum atomic E-state index is -5.51. The van der Waals surface area contributed by atoms with Crippen molar-refractivity contribution >= 4 is 5.97 Å². The van der Waals surface area contributed by atoms with E-state index in [0.717, 1.165) is 0 Å². The monoisotopic (exact) mass is 198 g/mol. The highest BCUT2D eigenvalue weighted by Gasteiger charge is 2.45. The first kappa shape index (κ1) is 11.0. The third-order valence-corrected chi connectivity index (χ3v) is 0.443. The Bertz CT molecular complexity index is 168. The molecule has 0 atom stereocenters. The average molecular weight is 198 g/mol. The lowest BCUT2D eigenvalue weighted by molar-refractivity contribution is -0.467. The molecule has 0 saturated carbocycles. The SMILES string of the molecule is O=C(OOC(F)(F)F)C(F)(F)F. The molecule has 0 aliphatic heterocycles. The quantitative estimate of drug-likeness (QED) is 0.364. The van der Waals surface area contributed by atoms with Gasteiger partial charge in [-0.2, -0.15) is 13.2 Å². The van der Waals surface area contributed by atoms with Crippen LogP contribution in [0.5, 0.6) is 0 Å². The predicted octanol–water partition coefficient (Wildman–Crippen LogP) is 1.54. The van der Waals surface area contributed by atoms with Gasteiger partial charge < -0.3 is 0 Å². The lowest BCUT2D eigenvalue weighted by Gasteiger charge is -2.06. The summed E-state index contributed by atoms with van der Waals surface area (Å²) in [5.74, 6) is -3.07. The van der Waals surface area contributed by atoms with Crippen molar-refractivity contribution in [2.45, 2.75) is 12.5 Å². The van der Waals surface area contributed by atoms with Crippen LogP contribution in [0, 0.1) is 0 Å². The van der Waals surface area contributed by atoms with E-state index in [1.165, 1.54) is 0 Å². The maximum Gasteiger partial charge on any atom is 0.558 e. The second-order valence-electron chi connectivity index (χ2n) is 1.40. The van der Waals surface area contributed by atoms with Crippen molar-refractivity contribution in [1.29, 1.82) is 0 Å². The van der Waals surface area contributed by atoms with Crippen molar-refractivity contribution in [3.05, 3.63) is 0 Å². The second-order valence-corrected chi connectivity index (χ2v) is 1.40. The number of carbonyl (C=O) groups is 1. The van der Waals surface area contributed by atoms with Crippen LogP contribution in [0.3, 0.4) is 0 Å². The van der Waals surface area contributed by atoms with Crippen LogP contribution in [-0.2, 0) is 14.6 Å². The molecule has 0 saturated heterocycles. The van der Waals surface area contributed by atoms with Gasteiger partial charge in [-0.15, -0.1) is 13.2 Å². The zero-order valence-electron chi connectivity index (χ0n) is 4.99. The van der Waals surface area contributed by atoms with Crippen molar-refractivity contribution in [3.63, 3.8) is 0 Å². The Morgan fingerprint density at radius 1 is 1.00 bits per heavy atom. The molecule has 3 nitrogen and oxygen atoms in total. The van der Waals surface area contributed by atoms with Crippen molar-refractivity contribution < 1.29 is 40.9 Å². The number of carbonyl (C=O) groups excluding carboxylic acids is 1. The van der Waals surface area contributed by atoms with Crippen molar-refractivity contribution in [3.8, 4) is 0 Å². The Morgan fingerprint density at radius 3 is 1.67 bits per heavy atom. The predicted molar refractivity (Wildman–Crippen MR) is 19.3 cm³/mol. The summed E-state index contributed by atoms with van der Waals surface area (Å²) in [6, 6.07) is 0. The summed E-state index contributed by atoms with van der Waals surface area (Å²) in [5.41, 5.74) is 0. The largest absolute Gasteiger partial charge is 0.558 e. The molecule has 12 heavy (non-hydrogen) atoms. The number of halogens is 6. The van der Waals surface area contributed by atoms with Crippen LogP contribution in [-0.4, -0.2) is 18.5 Å². The Labute approximate surface area is 60.8 Å². The molecule has 0 radical (unpaired) electrons. The minimum absolute atomic E-state index is 2.15. The molecular weight excluding hydrogens is 198 g/mol. The molecule has 0 spiro atoms. The molecule has 9 heteroatoms. The van der Waals surface area contributed by atoms with E-state index in [1.807, 2.05) is 0 Å². The van der Waals surface area contributed by atoms with Crippen LogP contribution in [0.2, 0.25) is 0 Å². The highest BCUT2D eigenvalue weighted by Crippen LogP contribution is 2.21. The highest BCUT2D eigenvalue weighted by atomic mass is 19.4. The van der Waals surface area contributed by atoms with Crippen LogP contribution in [0.25, 0.3) is 0 Å². The summed E-state index contributed by atoms with van der Waals surface area (Å²) >= 11 is 0. The van der Waals surface area contributed by atoms with Crippen LogP contribution in [0.1, 0.15) is 0 Å². The topological polar surface area (TPSA) is 35.5 Å². The third kappa shape index (κ3) is 4.77. The Balaban J connectivity index is 3.90. The summed E-state index contributed by atoms with van der Waals surface area (Å²) in [5, 5.41) is 0. The van der Waals surface area contributed by atoms with Crippen LogP contribution in [0.15, 0.2) is 0 Å². The van der Waals surface area contributed by atoms with Crippen LogP contribution >= 0.6 is 0 Å². The summed E-state index contributed by atoms with van der Waals surface area (Å²) in [7, 11) is 0. The minimum Gasteiger partial charge on any atom is -0.279 e. The summed E-state index contributed by atoms with van der Waals surface area (Å²) in [6.45, 7) is 0. The maximum absolute atomic E-state index is 11.1. The van der Waals surface area contributed by atoms with E-state index in [9.17, 15) is 31.1 Å². The molecule has 0 aliphatic rings. The fourth-order valence-electron chi connectivity index (χ4n) is 0.132. The molecule has 0 aromatic rings. The van der Waals surface area contributed by atoms with Gasteiger partial charge in [0.2, 0.25) is 0 Å².